The Kier molecular flexibility index (Phi) is 3.73. The third kappa shape index (κ3) is 3.04. The number of amides is 1. The molecule has 1 heterocycles. The number of rotatable bonds is 2. The maximum atomic E-state index is 12.0. The summed E-state index contributed by atoms with van der Waals surface area (Å²) in [5, 5.41) is 2.60. The van der Waals surface area contributed by atoms with Crippen molar-refractivity contribution in [3.8, 4) is 0 Å². The summed E-state index contributed by atoms with van der Waals surface area (Å²) in [6.45, 7) is 0. The van der Waals surface area contributed by atoms with E-state index < -0.39 is 5.91 Å². The minimum Gasteiger partial charge on any atom is -0.399 e. The van der Waals surface area contributed by atoms with Crippen molar-refractivity contribution in [3.05, 3.63) is 40.4 Å². The molecule has 1 aromatic heterocycles. The van der Waals surface area contributed by atoms with Gasteiger partial charge in [-0.3, -0.25) is 4.79 Å². The lowest BCUT2D eigenvalue weighted by molar-refractivity contribution is 0.102. The molecule has 0 unspecified atom stereocenters. The van der Waals surface area contributed by atoms with Crippen molar-refractivity contribution in [1.29, 1.82) is 0 Å². The van der Waals surface area contributed by atoms with E-state index in [1.165, 1.54) is 18.5 Å². The molecule has 0 bridgehead atoms. The van der Waals surface area contributed by atoms with Crippen LogP contribution >= 0.6 is 23.2 Å². The zero-order chi connectivity index (χ0) is 14.0. The largest absolute Gasteiger partial charge is 0.399 e. The summed E-state index contributed by atoms with van der Waals surface area (Å²) in [4.78, 5) is 19.5. The molecule has 0 aliphatic heterocycles. The third-order valence-corrected chi connectivity index (χ3v) is 2.81. The number of anilines is 3. The molecule has 0 saturated heterocycles. The molecule has 0 atom stereocenters. The van der Waals surface area contributed by atoms with Gasteiger partial charge in [0.15, 0.2) is 10.3 Å². The molecule has 0 aliphatic rings. The summed E-state index contributed by atoms with van der Waals surface area (Å²) in [6, 6.07) is 4.51. The molecule has 0 radical (unpaired) electrons. The van der Waals surface area contributed by atoms with Crippen LogP contribution in [0.25, 0.3) is 0 Å². The van der Waals surface area contributed by atoms with Gasteiger partial charge in [-0.2, -0.15) is 0 Å². The highest BCUT2D eigenvalue weighted by Gasteiger charge is 2.14. The first-order chi connectivity index (χ1) is 8.97. The number of hydrogen-bond acceptors (Lipinski definition) is 5. The first-order valence-corrected chi connectivity index (χ1v) is 5.86. The zero-order valence-corrected chi connectivity index (χ0v) is 11.0. The van der Waals surface area contributed by atoms with Crippen LogP contribution in [0, 0.1) is 0 Å². The number of carbonyl (C=O) groups excluding carboxylic acids is 1. The fourth-order valence-electron chi connectivity index (χ4n) is 1.44. The van der Waals surface area contributed by atoms with E-state index in [4.69, 9.17) is 34.7 Å². The van der Waals surface area contributed by atoms with E-state index in [-0.39, 0.29) is 21.6 Å². The molecule has 0 saturated carbocycles. The predicted molar refractivity (Wildman–Crippen MR) is 75.3 cm³/mol. The monoisotopic (exact) mass is 297 g/mol. The minimum atomic E-state index is -0.461. The van der Waals surface area contributed by atoms with Gasteiger partial charge in [0.2, 0.25) is 0 Å². The molecule has 1 amide bonds. The smallest absolute Gasteiger partial charge is 0.255 e. The molecule has 0 aliphatic carbocycles. The Hall–Kier alpha value is -2.05. The van der Waals surface area contributed by atoms with Gasteiger partial charge in [-0.15, -0.1) is 0 Å². The lowest BCUT2D eigenvalue weighted by Gasteiger charge is -2.08. The van der Waals surface area contributed by atoms with E-state index in [1.54, 1.807) is 6.07 Å². The molecule has 0 fully saturated rings. The van der Waals surface area contributed by atoms with E-state index in [0.29, 0.717) is 11.4 Å². The zero-order valence-electron chi connectivity index (χ0n) is 9.52. The predicted octanol–water partition coefficient (Wildman–Crippen LogP) is 2.20. The Morgan fingerprint density at radius 2 is 1.58 bits per heavy atom. The van der Waals surface area contributed by atoms with Gasteiger partial charge in [0.1, 0.15) is 12.0 Å². The van der Waals surface area contributed by atoms with Crippen LogP contribution in [0.15, 0.2) is 24.5 Å². The fraction of sp³-hybridized carbons (Fsp3) is 0. The van der Waals surface area contributed by atoms with Crippen molar-refractivity contribution in [2.45, 2.75) is 0 Å². The number of carbonyl (C=O) groups is 1. The topological polar surface area (TPSA) is 107 Å². The number of benzene rings is 1. The van der Waals surface area contributed by atoms with Gasteiger partial charge in [-0.25, -0.2) is 9.97 Å². The summed E-state index contributed by atoms with van der Waals surface area (Å²) >= 11 is 11.6. The van der Waals surface area contributed by atoms with Crippen LogP contribution in [0.1, 0.15) is 10.4 Å². The van der Waals surface area contributed by atoms with Crippen LogP contribution < -0.4 is 16.8 Å². The number of halogens is 2. The van der Waals surface area contributed by atoms with Crippen LogP contribution in [-0.2, 0) is 0 Å². The van der Waals surface area contributed by atoms with Crippen molar-refractivity contribution in [3.63, 3.8) is 0 Å². The standard InChI is InChI=1S/C11H9Cl2N5O/c12-9-8(10(13)17-4-16-9)18-11(19)5-1-6(14)3-7(15)2-5/h1-4H,14-15H2,(H,18,19). The normalized spacial score (nSPS) is 10.2. The van der Waals surface area contributed by atoms with Crippen LogP contribution in [0.3, 0.4) is 0 Å². The Morgan fingerprint density at radius 1 is 1.05 bits per heavy atom. The lowest BCUT2D eigenvalue weighted by Crippen LogP contribution is -2.14. The lowest BCUT2D eigenvalue weighted by atomic mass is 10.1. The van der Waals surface area contributed by atoms with Gasteiger partial charge < -0.3 is 16.8 Å². The van der Waals surface area contributed by atoms with Crippen LogP contribution in [-0.4, -0.2) is 15.9 Å². The highest BCUT2D eigenvalue weighted by Crippen LogP contribution is 2.26. The van der Waals surface area contributed by atoms with E-state index in [1.807, 2.05) is 0 Å². The van der Waals surface area contributed by atoms with Gasteiger partial charge >= 0.3 is 0 Å². The van der Waals surface area contributed by atoms with Gasteiger partial charge in [-0.1, -0.05) is 23.2 Å². The number of nitrogen functional groups attached to an aromatic ring is 2. The summed E-state index contributed by atoms with van der Waals surface area (Å²) in [6.07, 6.45) is 1.19. The molecule has 6 nitrogen and oxygen atoms in total. The van der Waals surface area contributed by atoms with Crippen LogP contribution in [0.2, 0.25) is 10.3 Å². The molecule has 19 heavy (non-hydrogen) atoms. The Balaban J connectivity index is 2.31. The SMILES string of the molecule is Nc1cc(N)cc(C(=O)Nc2c(Cl)ncnc2Cl)c1. The first kappa shape index (κ1) is 13.4. The summed E-state index contributed by atoms with van der Waals surface area (Å²) < 4.78 is 0. The summed E-state index contributed by atoms with van der Waals surface area (Å²) in [5.74, 6) is -0.461. The Labute approximate surface area is 118 Å². The van der Waals surface area contributed by atoms with Crippen LogP contribution in [0.4, 0.5) is 17.1 Å². The highest BCUT2D eigenvalue weighted by atomic mass is 35.5. The minimum absolute atomic E-state index is 0.0465. The second-order valence-corrected chi connectivity index (χ2v) is 4.39. The van der Waals surface area contributed by atoms with E-state index in [9.17, 15) is 4.79 Å². The molecular weight excluding hydrogens is 289 g/mol. The maximum Gasteiger partial charge on any atom is 0.255 e. The molecule has 8 heteroatoms. The maximum absolute atomic E-state index is 12.0. The van der Waals surface area contributed by atoms with Gasteiger partial charge in [0, 0.05) is 16.9 Å². The van der Waals surface area contributed by atoms with E-state index >= 15 is 0 Å². The number of hydrogen-bond donors (Lipinski definition) is 3. The fourth-order valence-corrected chi connectivity index (χ4v) is 1.85. The molecule has 2 aromatic rings. The summed E-state index contributed by atoms with van der Waals surface area (Å²) in [5.41, 5.74) is 12.4. The van der Waals surface area contributed by atoms with Gasteiger partial charge in [-0.05, 0) is 18.2 Å². The number of nitrogens with zero attached hydrogens (tertiary/aromatic N) is 2. The number of nitrogens with one attached hydrogen (secondary N) is 1. The summed E-state index contributed by atoms with van der Waals surface area (Å²) in [7, 11) is 0. The molecular formula is C11H9Cl2N5O. The molecule has 0 spiro atoms. The van der Waals surface area contributed by atoms with Crippen molar-refractivity contribution < 1.29 is 4.79 Å². The van der Waals surface area contributed by atoms with Crippen molar-refractivity contribution in [2.75, 3.05) is 16.8 Å². The highest BCUT2D eigenvalue weighted by molar-refractivity contribution is 6.38. The van der Waals surface area contributed by atoms with E-state index in [2.05, 4.69) is 15.3 Å². The van der Waals surface area contributed by atoms with Gasteiger partial charge in [0.05, 0.1) is 0 Å². The number of aromatic nitrogens is 2. The Bertz CT molecular complexity index is 606. The van der Waals surface area contributed by atoms with Gasteiger partial charge in [0.25, 0.3) is 5.91 Å². The Morgan fingerprint density at radius 3 is 2.11 bits per heavy atom. The van der Waals surface area contributed by atoms with Crippen molar-refractivity contribution >= 4 is 46.2 Å². The van der Waals surface area contributed by atoms with Crippen molar-refractivity contribution in [1.82, 2.24) is 9.97 Å². The second-order valence-electron chi connectivity index (χ2n) is 3.67. The first-order valence-electron chi connectivity index (χ1n) is 5.11. The molecule has 2 rings (SSSR count). The van der Waals surface area contributed by atoms with E-state index in [0.717, 1.165) is 0 Å². The molecule has 1 aromatic carbocycles. The third-order valence-electron chi connectivity index (χ3n) is 2.23. The second kappa shape index (κ2) is 5.29. The molecule has 5 N–H and O–H groups in total. The number of nitrogens with two attached hydrogens (primary N) is 2. The average molecular weight is 298 g/mol. The van der Waals surface area contributed by atoms with Crippen molar-refractivity contribution in [2.24, 2.45) is 0 Å². The average Bonchev–Trinajstić information content (AvgIpc) is 2.32. The van der Waals surface area contributed by atoms with Crippen LogP contribution in [0.5, 0.6) is 0 Å². The molecule has 98 valence electrons. The quantitative estimate of drug-likeness (QED) is 0.582.